The summed E-state index contributed by atoms with van der Waals surface area (Å²) in [7, 11) is 0. The molecule has 0 unspecified atom stereocenters. The van der Waals surface area contributed by atoms with Gasteiger partial charge in [0.2, 0.25) is 0 Å². The van der Waals surface area contributed by atoms with Gasteiger partial charge in [-0.1, -0.05) is 0 Å². The number of aliphatic hydroxyl groups is 1. The van der Waals surface area contributed by atoms with E-state index in [-0.39, 0.29) is 24.6 Å². The van der Waals surface area contributed by atoms with Crippen molar-refractivity contribution in [1.82, 2.24) is 5.16 Å². The molecule has 1 aromatic heterocycles. The molecule has 2 fully saturated rings. The molecule has 156 valence electrons. The number of amides is 1. The second-order valence-corrected chi connectivity index (χ2v) is 7.19. The fraction of sp³-hybridized carbons (Fsp3) is 0.474. The van der Waals surface area contributed by atoms with E-state index >= 15 is 0 Å². The molecule has 0 radical (unpaired) electrons. The number of carbonyl (C=O) groups excluding carboxylic acids is 1. The summed E-state index contributed by atoms with van der Waals surface area (Å²) in [5, 5.41) is 13.1. The van der Waals surface area contributed by atoms with Crippen molar-refractivity contribution >= 4 is 11.8 Å². The monoisotopic (exact) mass is 412 g/mol. The predicted molar refractivity (Wildman–Crippen MR) is 93.1 cm³/mol. The first-order valence-corrected chi connectivity index (χ1v) is 9.30. The third-order valence-corrected chi connectivity index (χ3v) is 5.28. The van der Waals surface area contributed by atoms with Gasteiger partial charge in [-0.25, -0.2) is 18.0 Å². The van der Waals surface area contributed by atoms with Crippen molar-refractivity contribution in [2.45, 2.75) is 43.8 Å². The standard InChI is InChI=1S/C19H19F3N2O5/c20-13-7-14(17(21)18(22)16(13)10-1-3-11(25)4-2-10)24-8-12(29-19(24)26)9-27-15-5-6-28-23-15/h5-7,10-12,25H,1-4,8-9H2/t10?,11?,12-/m1/s1. The molecule has 7 nitrogen and oxygen atoms in total. The van der Waals surface area contributed by atoms with Crippen molar-refractivity contribution in [3.63, 3.8) is 0 Å². The van der Waals surface area contributed by atoms with Crippen LogP contribution in [0, 0.1) is 17.5 Å². The van der Waals surface area contributed by atoms with Crippen molar-refractivity contribution in [2.24, 2.45) is 0 Å². The van der Waals surface area contributed by atoms with Crippen molar-refractivity contribution in [1.29, 1.82) is 0 Å². The second kappa shape index (κ2) is 7.94. The van der Waals surface area contributed by atoms with Crippen LogP contribution in [0.25, 0.3) is 0 Å². The zero-order valence-corrected chi connectivity index (χ0v) is 15.3. The summed E-state index contributed by atoms with van der Waals surface area (Å²) in [4.78, 5) is 13.0. The SMILES string of the molecule is O=C1O[C@@H](COc2ccon2)CN1c1cc(F)c(C2CCC(O)CC2)c(F)c1F. The van der Waals surface area contributed by atoms with E-state index in [9.17, 15) is 23.1 Å². The highest BCUT2D eigenvalue weighted by Crippen LogP contribution is 2.39. The number of carbonyl (C=O) groups is 1. The van der Waals surface area contributed by atoms with Crippen LogP contribution in [0.4, 0.5) is 23.7 Å². The number of hydrogen-bond acceptors (Lipinski definition) is 6. The highest BCUT2D eigenvalue weighted by Gasteiger charge is 2.37. The molecule has 29 heavy (non-hydrogen) atoms. The van der Waals surface area contributed by atoms with Crippen LogP contribution in [0.15, 0.2) is 22.9 Å². The molecule has 1 N–H and O–H groups in total. The number of nitrogens with zero attached hydrogens (tertiary/aromatic N) is 2. The topological polar surface area (TPSA) is 85.0 Å². The fourth-order valence-corrected chi connectivity index (χ4v) is 3.79. The lowest BCUT2D eigenvalue weighted by molar-refractivity contribution is 0.101. The van der Waals surface area contributed by atoms with Crippen molar-refractivity contribution in [3.05, 3.63) is 41.4 Å². The Labute approximate surface area is 164 Å². The normalized spacial score (nSPS) is 24.6. The number of ether oxygens (including phenoxy) is 2. The zero-order chi connectivity index (χ0) is 20.5. The van der Waals surface area contributed by atoms with Gasteiger partial charge in [-0.05, 0) is 36.8 Å². The number of aromatic nitrogens is 1. The average molecular weight is 412 g/mol. The Hall–Kier alpha value is -2.75. The summed E-state index contributed by atoms with van der Waals surface area (Å²) in [5.74, 6) is -3.87. The van der Waals surface area contributed by atoms with E-state index in [1.165, 1.54) is 12.3 Å². The van der Waals surface area contributed by atoms with E-state index in [1.54, 1.807) is 0 Å². The molecule has 2 heterocycles. The minimum Gasteiger partial charge on any atom is -0.471 e. The van der Waals surface area contributed by atoms with Crippen LogP contribution in [0.5, 0.6) is 5.88 Å². The van der Waals surface area contributed by atoms with Gasteiger partial charge in [-0.15, -0.1) is 0 Å². The maximum absolute atomic E-state index is 14.7. The molecule has 1 saturated carbocycles. The Morgan fingerprint density at radius 2 is 1.97 bits per heavy atom. The first-order valence-electron chi connectivity index (χ1n) is 9.30. The van der Waals surface area contributed by atoms with Gasteiger partial charge in [-0.2, -0.15) is 0 Å². The molecular weight excluding hydrogens is 393 g/mol. The molecule has 1 aliphatic carbocycles. The molecule has 1 amide bonds. The molecule has 1 atom stereocenters. The summed E-state index contributed by atoms with van der Waals surface area (Å²) in [6, 6.07) is 2.28. The van der Waals surface area contributed by atoms with Gasteiger partial charge in [0, 0.05) is 17.7 Å². The van der Waals surface area contributed by atoms with E-state index in [1.807, 2.05) is 0 Å². The van der Waals surface area contributed by atoms with Crippen molar-refractivity contribution in [2.75, 3.05) is 18.1 Å². The number of hydrogen-bond donors (Lipinski definition) is 1. The summed E-state index contributed by atoms with van der Waals surface area (Å²) in [5.41, 5.74) is -0.856. The number of benzene rings is 1. The van der Waals surface area contributed by atoms with Crippen LogP contribution < -0.4 is 9.64 Å². The Kier molecular flexibility index (Phi) is 5.35. The molecule has 2 aliphatic rings. The number of rotatable bonds is 5. The lowest BCUT2D eigenvalue weighted by atomic mass is 9.82. The van der Waals surface area contributed by atoms with Gasteiger partial charge >= 0.3 is 6.09 Å². The van der Waals surface area contributed by atoms with Crippen LogP contribution >= 0.6 is 0 Å². The predicted octanol–water partition coefficient (Wildman–Crippen LogP) is 3.51. The first kappa shape index (κ1) is 19.6. The molecular formula is C19H19F3N2O5. The van der Waals surface area contributed by atoms with Crippen LogP contribution in [-0.4, -0.2) is 41.7 Å². The number of halogens is 3. The van der Waals surface area contributed by atoms with E-state index in [4.69, 9.17) is 9.47 Å². The molecule has 4 rings (SSSR count). The zero-order valence-electron chi connectivity index (χ0n) is 15.3. The molecule has 1 aliphatic heterocycles. The van der Waals surface area contributed by atoms with Crippen LogP contribution in [0.1, 0.15) is 37.2 Å². The van der Waals surface area contributed by atoms with E-state index < -0.39 is 47.4 Å². The van der Waals surface area contributed by atoms with Crippen LogP contribution in [0.3, 0.4) is 0 Å². The highest BCUT2D eigenvalue weighted by atomic mass is 19.2. The van der Waals surface area contributed by atoms with E-state index in [0.717, 1.165) is 11.0 Å². The maximum atomic E-state index is 14.7. The molecule has 10 heteroatoms. The van der Waals surface area contributed by atoms with Gasteiger partial charge in [0.25, 0.3) is 5.88 Å². The Bertz CT molecular complexity index is 884. The quantitative estimate of drug-likeness (QED) is 0.757. The summed E-state index contributed by atoms with van der Waals surface area (Å²) >= 11 is 0. The second-order valence-electron chi connectivity index (χ2n) is 7.19. The third-order valence-electron chi connectivity index (χ3n) is 5.28. The number of anilines is 1. The Balaban J connectivity index is 1.51. The van der Waals surface area contributed by atoms with Crippen molar-refractivity contribution < 1.29 is 37.1 Å². The van der Waals surface area contributed by atoms with Crippen LogP contribution in [0.2, 0.25) is 0 Å². The van der Waals surface area contributed by atoms with Gasteiger partial charge in [0.15, 0.2) is 17.7 Å². The number of cyclic esters (lactones) is 1. The third kappa shape index (κ3) is 3.89. The lowest BCUT2D eigenvalue weighted by Gasteiger charge is -2.27. The molecule has 0 bridgehead atoms. The van der Waals surface area contributed by atoms with Gasteiger partial charge in [0.05, 0.1) is 18.3 Å². The van der Waals surface area contributed by atoms with E-state index in [2.05, 4.69) is 9.68 Å². The van der Waals surface area contributed by atoms with Crippen LogP contribution in [-0.2, 0) is 4.74 Å². The van der Waals surface area contributed by atoms with E-state index in [0.29, 0.717) is 25.7 Å². The summed E-state index contributed by atoms with van der Waals surface area (Å²) in [6.45, 7) is -0.217. The Morgan fingerprint density at radius 1 is 1.21 bits per heavy atom. The lowest BCUT2D eigenvalue weighted by Crippen LogP contribution is -2.28. The first-order chi connectivity index (χ1) is 13.9. The minimum absolute atomic E-state index is 0.0795. The Morgan fingerprint density at radius 3 is 2.66 bits per heavy atom. The van der Waals surface area contributed by atoms with Gasteiger partial charge in [-0.3, -0.25) is 4.90 Å². The smallest absolute Gasteiger partial charge is 0.414 e. The van der Waals surface area contributed by atoms with Gasteiger partial charge in [0.1, 0.15) is 18.7 Å². The molecule has 0 spiro atoms. The average Bonchev–Trinajstić information content (AvgIpc) is 3.34. The largest absolute Gasteiger partial charge is 0.471 e. The van der Waals surface area contributed by atoms with Gasteiger partial charge < -0.3 is 19.1 Å². The highest BCUT2D eigenvalue weighted by molar-refractivity contribution is 5.90. The minimum atomic E-state index is -1.31. The molecule has 1 saturated heterocycles. The molecule has 2 aromatic rings. The summed E-state index contributed by atoms with van der Waals surface area (Å²) < 4.78 is 59.1. The fourth-order valence-electron chi connectivity index (χ4n) is 3.79. The maximum Gasteiger partial charge on any atom is 0.414 e. The molecule has 1 aromatic carbocycles. The summed E-state index contributed by atoms with van der Waals surface area (Å²) in [6.07, 6.45) is 0.628. The number of aliphatic hydroxyl groups excluding tert-OH is 1. The van der Waals surface area contributed by atoms with Crippen molar-refractivity contribution in [3.8, 4) is 5.88 Å².